The largest absolute Gasteiger partial charge is 0.339 e. The molecule has 0 radical (unpaired) electrons. The molecule has 0 atom stereocenters. The molecule has 8 nitrogen and oxygen atoms in total. The second-order valence-electron chi connectivity index (χ2n) is 7.27. The first-order valence-electron chi connectivity index (χ1n) is 9.24. The highest BCUT2D eigenvalue weighted by molar-refractivity contribution is 8.13. The molecule has 0 aromatic heterocycles. The summed E-state index contributed by atoms with van der Waals surface area (Å²) in [6.07, 6.45) is 4.04. The fourth-order valence-corrected chi connectivity index (χ4v) is 4.24. The number of hydrogen-bond acceptors (Lipinski definition) is 5. The third-order valence-corrected chi connectivity index (χ3v) is 6.09. The predicted molar refractivity (Wildman–Crippen MR) is 106 cm³/mol. The van der Waals surface area contributed by atoms with Crippen LogP contribution in [-0.2, 0) is 9.59 Å². The SMILES string of the molecule is CN(C)C(=O)Sc1ccccc1NC(=O)CN1C(=O)NC2(CCCCC2)C1=O. The molecule has 1 saturated carbocycles. The minimum Gasteiger partial charge on any atom is -0.339 e. The number of amides is 5. The van der Waals surface area contributed by atoms with Gasteiger partial charge in [-0.15, -0.1) is 0 Å². The molecule has 150 valence electrons. The number of hydrogen-bond donors (Lipinski definition) is 2. The molecule has 3 rings (SSSR count). The molecule has 0 bridgehead atoms. The van der Waals surface area contributed by atoms with Crippen molar-refractivity contribution in [1.82, 2.24) is 15.1 Å². The number of benzene rings is 1. The Kier molecular flexibility index (Phi) is 5.93. The summed E-state index contributed by atoms with van der Waals surface area (Å²) in [6.45, 7) is -0.354. The molecule has 1 aromatic rings. The molecule has 1 aliphatic carbocycles. The van der Waals surface area contributed by atoms with Crippen molar-refractivity contribution in [1.29, 1.82) is 0 Å². The first kappa shape index (κ1) is 20.2. The summed E-state index contributed by atoms with van der Waals surface area (Å²) >= 11 is 0.994. The van der Waals surface area contributed by atoms with Gasteiger partial charge in [-0.3, -0.25) is 19.3 Å². The number of carbonyl (C=O) groups excluding carboxylic acids is 4. The molecule has 2 aliphatic rings. The van der Waals surface area contributed by atoms with Gasteiger partial charge in [0, 0.05) is 19.0 Å². The number of para-hydroxylation sites is 1. The average molecular weight is 404 g/mol. The molecular formula is C19H24N4O4S. The third kappa shape index (κ3) is 4.14. The van der Waals surface area contributed by atoms with Crippen LogP contribution in [0.3, 0.4) is 0 Å². The van der Waals surface area contributed by atoms with Crippen LogP contribution in [0.4, 0.5) is 15.3 Å². The molecular weight excluding hydrogens is 380 g/mol. The van der Waals surface area contributed by atoms with Gasteiger partial charge in [0.15, 0.2) is 0 Å². The van der Waals surface area contributed by atoms with E-state index in [-0.39, 0.29) is 17.7 Å². The second-order valence-corrected chi connectivity index (χ2v) is 8.26. The van der Waals surface area contributed by atoms with E-state index in [1.54, 1.807) is 38.4 Å². The smallest absolute Gasteiger partial charge is 0.325 e. The van der Waals surface area contributed by atoms with Gasteiger partial charge < -0.3 is 15.5 Å². The van der Waals surface area contributed by atoms with E-state index >= 15 is 0 Å². The molecule has 28 heavy (non-hydrogen) atoms. The first-order valence-corrected chi connectivity index (χ1v) is 10.1. The van der Waals surface area contributed by atoms with E-state index in [9.17, 15) is 19.2 Å². The van der Waals surface area contributed by atoms with Gasteiger partial charge in [-0.1, -0.05) is 31.4 Å². The fraction of sp³-hybridized carbons (Fsp3) is 0.474. The fourth-order valence-electron chi connectivity index (χ4n) is 3.49. The number of thioether (sulfide) groups is 1. The third-order valence-electron chi connectivity index (χ3n) is 4.98. The van der Waals surface area contributed by atoms with Crippen molar-refractivity contribution in [2.24, 2.45) is 0 Å². The van der Waals surface area contributed by atoms with Gasteiger partial charge >= 0.3 is 6.03 Å². The maximum Gasteiger partial charge on any atom is 0.325 e. The Morgan fingerprint density at radius 1 is 1.18 bits per heavy atom. The summed E-state index contributed by atoms with van der Waals surface area (Å²) in [5.74, 6) is -0.806. The van der Waals surface area contributed by atoms with Crippen LogP contribution in [0.15, 0.2) is 29.2 Å². The first-order chi connectivity index (χ1) is 13.3. The van der Waals surface area contributed by atoms with Gasteiger partial charge in [0.25, 0.3) is 11.1 Å². The van der Waals surface area contributed by atoms with Crippen LogP contribution >= 0.6 is 11.8 Å². The highest BCUT2D eigenvalue weighted by Gasteiger charge is 2.51. The monoisotopic (exact) mass is 404 g/mol. The molecule has 0 unspecified atom stereocenters. The Morgan fingerprint density at radius 3 is 2.54 bits per heavy atom. The summed E-state index contributed by atoms with van der Waals surface area (Å²) in [6, 6.07) is 6.40. The van der Waals surface area contributed by atoms with E-state index in [0.29, 0.717) is 23.4 Å². The Labute approximate surface area is 168 Å². The zero-order valence-corrected chi connectivity index (χ0v) is 16.8. The van der Waals surface area contributed by atoms with Gasteiger partial charge in [0.2, 0.25) is 5.91 Å². The average Bonchev–Trinajstić information content (AvgIpc) is 2.88. The molecule has 5 amide bonds. The molecule has 1 aromatic carbocycles. The van der Waals surface area contributed by atoms with Crippen molar-refractivity contribution in [3.63, 3.8) is 0 Å². The summed E-state index contributed by atoms with van der Waals surface area (Å²) in [4.78, 5) is 52.6. The standard InChI is InChI=1S/C19H24N4O4S/c1-22(2)18(27)28-14-9-5-4-8-13(14)20-15(24)12-23-16(25)19(21-17(23)26)10-6-3-7-11-19/h4-5,8-9H,3,6-7,10-12H2,1-2H3,(H,20,24)(H,21,26). The maximum atomic E-state index is 12.8. The molecule has 1 aliphatic heterocycles. The van der Waals surface area contributed by atoms with Crippen molar-refractivity contribution >= 4 is 40.5 Å². The molecule has 1 spiro atoms. The number of carbonyl (C=O) groups is 4. The van der Waals surface area contributed by atoms with Gasteiger partial charge in [0.1, 0.15) is 12.1 Å². The Bertz CT molecular complexity index is 805. The number of imide groups is 1. The van der Waals surface area contributed by atoms with Crippen LogP contribution in [0, 0.1) is 0 Å². The maximum absolute atomic E-state index is 12.8. The van der Waals surface area contributed by atoms with Crippen LogP contribution in [0.25, 0.3) is 0 Å². The predicted octanol–water partition coefficient (Wildman–Crippen LogP) is 2.65. The second kappa shape index (κ2) is 8.22. The van der Waals surface area contributed by atoms with E-state index in [4.69, 9.17) is 0 Å². The number of nitrogens with zero attached hydrogens (tertiary/aromatic N) is 2. The summed E-state index contributed by atoms with van der Waals surface area (Å²) < 4.78 is 0. The highest BCUT2D eigenvalue weighted by atomic mass is 32.2. The van der Waals surface area contributed by atoms with Crippen LogP contribution in [0.5, 0.6) is 0 Å². The Hall–Kier alpha value is -2.55. The summed E-state index contributed by atoms with van der Waals surface area (Å²) in [5, 5.41) is 5.33. The summed E-state index contributed by atoms with van der Waals surface area (Å²) in [5.41, 5.74) is -0.381. The minimum absolute atomic E-state index is 0.171. The molecule has 1 saturated heterocycles. The number of anilines is 1. The van der Waals surface area contributed by atoms with Crippen molar-refractivity contribution < 1.29 is 19.2 Å². The normalized spacial score (nSPS) is 18.1. The zero-order valence-electron chi connectivity index (χ0n) is 16.0. The number of rotatable bonds is 4. The van der Waals surface area contributed by atoms with Crippen molar-refractivity contribution in [3.8, 4) is 0 Å². The van der Waals surface area contributed by atoms with Gasteiger partial charge in [0.05, 0.1) is 5.69 Å². The van der Waals surface area contributed by atoms with Crippen LogP contribution in [0.1, 0.15) is 32.1 Å². The molecule has 2 N–H and O–H groups in total. The van der Waals surface area contributed by atoms with Gasteiger partial charge in [-0.05, 0) is 36.7 Å². The van der Waals surface area contributed by atoms with E-state index in [1.165, 1.54) is 4.90 Å². The Balaban J connectivity index is 1.67. The number of nitrogens with one attached hydrogen (secondary N) is 2. The quantitative estimate of drug-likeness (QED) is 0.594. The summed E-state index contributed by atoms with van der Waals surface area (Å²) in [7, 11) is 3.30. The van der Waals surface area contributed by atoms with Crippen LogP contribution < -0.4 is 10.6 Å². The Morgan fingerprint density at radius 2 is 1.86 bits per heavy atom. The lowest BCUT2D eigenvalue weighted by molar-refractivity contribution is -0.134. The number of urea groups is 1. The molecule has 1 heterocycles. The van der Waals surface area contributed by atoms with E-state index in [1.807, 2.05) is 0 Å². The highest BCUT2D eigenvalue weighted by Crippen LogP contribution is 2.34. The van der Waals surface area contributed by atoms with E-state index in [2.05, 4.69) is 10.6 Å². The molecule has 2 fully saturated rings. The van der Waals surface area contributed by atoms with Crippen LogP contribution in [-0.4, -0.2) is 59.1 Å². The van der Waals surface area contributed by atoms with Crippen molar-refractivity contribution in [2.75, 3.05) is 26.0 Å². The van der Waals surface area contributed by atoms with Gasteiger partial charge in [-0.2, -0.15) is 0 Å². The van der Waals surface area contributed by atoms with Crippen molar-refractivity contribution in [3.05, 3.63) is 24.3 Å². The van der Waals surface area contributed by atoms with Gasteiger partial charge in [-0.25, -0.2) is 4.79 Å². The topological polar surface area (TPSA) is 98.8 Å². The van der Waals surface area contributed by atoms with Crippen molar-refractivity contribution in [2.45, 2.75) is 42.5 Å². The lowest BCUT2D eigenvalue weighted by Crippen LogP contribution is -2.48. The molecule has 9 heteroatoms. The lowest BCUT2D eigenvalue weighted by Gasteiger charge is -2.30. The lowest BCUT2D eigenvalue weighted by atomic mass is 9.82. The van der Waals surface area contributed by atoms with E-state index in [0.717, 1.165) is 35.9 Å². The zero-order chi connectivity index (χ0) is 20.3. The van der Waals surface area contributed by atoms with E-state index < -0.39 is 17.5 Å². The van der Waals surface area contributed by atoms with Crippen LogP contribution in [0.2, 0.25) is 0 Å². The minimum atomic E-state index is -0.846.